The van der Waals surface area contributed by atoms with Gasteiger partial charge < -0.3 is 0 Å². The van der Waals surface area contributed by atoms with Crippen LogP contribution >= 0.6 is 0 Å². The number of halogens is 1. The molecule has 0 saturated heterocycles. The Morgan fingerprint density at radius 1 is 1.19 bits per heavy atom. The van der Waals surface area contributed by atoms with Crippen molar-refractivity contribution in [1.29, 1.82) is 0 Å². The standard InChI is InChI=1S/C12H12FNO2/c1-2-3-6-14-11(15)9-5-4-8(13)7-10(9)12(14)16/h4-5,7H,2-3,6H2,1H3. The predicted molar refractivity (Wildman–Crippen MR) is 56.7 cm³/mol. The summed E-state index contributed by atoms with van der Waals surface area (Å²) < 4.78 is 13.0. The zero-order valence-corrected chi connectivity index (χ0v) is 9.00. The average molecular weight is 221 g/mol. The first-order valence-corrected chi connectivity index (χ1v) is 5.31. The molecule has 0 bridgehead atoms. The Bertz CT molecular complexity index is 456. The summed E-state index contributed by atoms with van der Waals surface area (Å²) in [6, 6.07) is 3.70. The topological polar surface area (TPSA) is 37.4 Å². The molecule has 1 aromatic carbocycles. The second kappa shape index (κ2) is 4.04. The number of carbonyl (C=O) groups excluding carboxylic acids is 2. The Morgan fingerprint density at radius 3 is 2.56 bits per heavy atom. The van der Waals surface area contributed by atoms with Gasteiger partial charge in [0.05, 0.1) is 11.1 Å². The molecule has 0 aliphatic carbocycles. The highest BCUT2D eigenvalue weighted by Crippen LogP contribution is 2.23. The minimum atomic E-state index is -0.489. The van der Waals surface area contributed by atoms with Crippen molar-refractivity contribution in [2.75, 3.05) is 6.54 Å². The molecule has 2 rings (SSSR count). The second-order valence-corrected chi connectivity index (χ2v) is 3.81. The van der Waals surface area contributed by atoms with Gasteiger partial charge in [-0.3, -0.25) is 14.5 Å². The van der Waals surface area contributed by atoms with Crippen LogP contribution in [0.5, 0.6) is 0 Å². The maximum Gasteiger partial charge on any atom is 0.261 e. The molecule has 0 fully saturated rings. The summed E-state index contributed by atoms with van der Waals surface area (Å²) in [5, 5.41) is 0. The van der Waals surface area contributed by atoms with Crippen LogP contribution in [-0.2, 0) is 0 Å². The molecule has 0 saturated carbocycles. The highest BCUT2D eigenvalue weighted by molar-refractivity contribution is 6.21. The van der Waals surface area contributed by atoms with Crippen molar-refractivity contribution in [3.63, 3.8) is 0 Å². The Kier molecular flexibility index (Phi) is 2.73. The predicted octanol–water partition coefficient (Wildman–Crippen LogP) is 2.22. The van der Waals surface area contributed by atoms with Crippen molar-refractivity contribution in [3.8, 4) is 0 Å². The van der Waals surface area contributed by atoms with E-state index in [9.17, 15) is 14.0 Å². The number of carbonyl (C=O) groups is 2. The van der Waals surface area contributed by atoms with Crippen molar-refractivity contribution in [2.24, 2.45) is 0 Å². The van der Waals surface area contributed by atoms with E-state index in [1.807, 2.05) is 6.92 Å². The van der Waals surface area contributed by atoms with E-state index in [1.54, 1.807) is 0 Å². The van der Waals surface area contributed by atoms with E-state index in [0.717, 1.165) is 18.9 Å². The maximum atomic E-state index is 13.0. The summed E-state index contributed by atoms with van der Waals surface area (Å²) in [5.74, 6) is -1.18. The van der Waals surface area contributed by atoms with E-state index >= 15 is 0 Å². The molecular formula is C12H12FNO2. The highest BCUT2D eigenvalue weighted by Gasteiger charge is 2.34. The van der Waals surface area contributed by atoms with Gasteiger partial charge in [0.15, 0.2) is 0 Å². The third-order valence-corrected chi connectivity index (χ3v) is 2.67. The summed E-state index contributed by atoms with van der Waals surface area (Å²) >= 11 is 0. The van der Waals surface area contributed by atoms with Crippen LogP contribution < -0.4 is 0 Å². The average Bonchev–Trinajstić information content (AvgIpc) is 2.50. The fourth-order valence-corrected chi connectivity index (χ4v) is 1.78. The number of amides is 2. The summed E-state index contributed by atoms with van der Waals surface area (Å²) in [7, 11) is 0. The lowest BCUT2D eigenvalue weighted by molar-refractivity contribution is 0.0652. The van der Waals surface area contributed by atoms with Crippen molar-refractivity contribution >= 4 is 11.8 Å². The molecule has 3 nitrogen and oxygen atoms in total. The Labute approximate surface area is 92.9 Å². The first kappa shape index (κ1) is 10.8. The van der Waals surface area contributed by atoms with E-state index in [4.69, 9.17) is 0 Å². The maximum absolute atomic E-state index is 13.0. The molecule has 0 spiro atoms. The molecule has 2 amide bonds. The lowest BCUT2D eigenvalue weighted by atomic mass is 10.1. The van der Waals surface area contributed by atoms with Crippen molar-refractivity contribution in [1.82, 2.24) is 4.90 Å². The molecule has 0 atom stereocenters. The second-order valence-electron chi connectivity index (χ2n) is 3.81. The van der Waals surface area contributed by atoms with E-state index in [1.165, 1.54) is 17.0 Å². The molecule has 0 N–H and O–H groups in total. The largest absolute Gasteiger partial charge is 0.274 e. The van der Waals surface area contributed by atoms with E-state index in [0.29, 0.717) is 12.1 Å². The van der Waals surface area contributed by atoms with E-state index in [-0.39, 0.29) is 17.4 Å². The first-order chi connectivity index (χ1) is 7.65. The zero-order chi connectivity index (χ0) is 11.7. The Hall–Kier alpha value is -1.71. The van der Waals surface area contributed by atoms with Gasteiger partial charge in [-0.15, -0.1) is 0 Å². The molecule has 1 aliphatic rings. The number of unbranched alkanes of at least 4 members (excludes halogenated alkanes) is 1. The number of fused-ring (bicyclic) bond motifs is 1. The van der Waals surface area contributed by atoms with Gasteiger partial charge in [-0.05, 0) is 24.6 Å². The fourth-order valence-electron chi connectivity index (χ4n) is 1.78. The van der Waals surface area contributed by atoms with E-state index < -0.39 is 5.82 Å². The normalized spacial score (nSPS) is 14.5. The van der Waals surface area contributed by atoms with Crippen LogP contribution in [-0.4, -0.2) is 23.3 Å². The smallest absolute Gasteiger partial charge is 0.261 e. The quantitative estimate of drug-likeness (QED) is 0.734. The summed E-state index contributed by atoms with van der Waals surface area (Å²) in [6.07, 6.45) is 1.68. The van der Waals surface area contributed by atoms with Crippen molar-refractivity contribution in [2.45, 2.75) is 19.8 Å². The van der Waals surface area contributed by atoms with Gasteiger partial charge in [0, 0.05) is 6.54 Å². The number of nitrogens with zero attached hydrogens (tertiary/aromatic N) is 1. The van der Waals surface area contributed by atoms with Gasteiger partial charge in [0.2, 0.25) is 0 Å². The van der Waals surface area contributed by atoms with Gasteiger partial charge >= 0.3 is 0 Å². The Balaban J connectivity index is 2.33. The van der Waals surface area contributed by atoms with Crippen LogP contribution in [0.1, 0.15) is 40.5 Å². The molecule has 1 aromatic rings. The summed E-state index contributed by atoms with van der Waals surface area (Å²) in [5.41, 5.74) is 0.489. The number of hydrogen-bond acceptors (Lipinski definition) is 2. The minimum absolute atomic E-state index is 0.182. The highest BCUT2D eigenvalue weighted by atomic mass is 19.1. The lowest BCUT2D eigenvalue weighted by Gasteiger charge is -2.12. The van der Waals surface area contributed by atoms with Crippen LogP contribution in [0.2, 0.25) is 0 Å². The fraction of sp³-hybridized carbons (Fsp3) is 0.333. The monoisotopic (exact) mass is 221 g/mol. The van der Waals surface area contributed by atoms with Crippen LogP contribution in [0.15, 0.2) is 18.2 Å². The molecule has 0 radical (unpaired) electrons. The van der Waals surface area contributed by atoms with Crippen molar-refractivity contribution in [3.05, 3.63) is 35.1 Å². The third-order valence-electron chi connectivity index (χ3n) is 2.67. The summed E-state index contributed by atoms with van der Waals surface area (Å²) in [6.45, 7) is 2.39. The molecule has 1 aliphatic heterocycles. The molecule has 16 heavy (non-hydrogen) atoms. The number of benzene rings is 1. The number of imide groups is 1. The van der Waals surface area contributed by atoms with Crippen LogP contribution in [0.3, 0.4) is 0 Å². The Morgan fingerprint density at radius 2 is 1.88 bits per heavy atom. The van der Waals surface area contributed by atoms with Gasteiger partial charge in [-0.2, -0.15) is 0 Å². The summed E-state index contributed by atoms with van der Waals surface area (Å²) in [4.78, 5) is 24.8. The van der Waals surface area contributed by atoms with Crippen LogP contribution in [0.25, 0.3) is 0 Å². The zero-order valence-electron chi connectivity index (χ0n) is 9.00. The molecule has 1 heterocycles. The molecule has 4 heteroatoms. The van der Waals surface area contributed by atoms with Crippen LogP contribution in [0, 0.1) is 5.82 Å². The number of rotatable bonds is 3. The molecular weight excluding hydrogens is 209 g/mol. The van der Waals surface area contributed by atoms with E-state index in [2.05, 4.69) is 0 Å². The minimum Gasteiger partial charge on any atom is -0.274 e. The first-order valence-electron chi connectivity index (χ1n) is 5.31. The van der Waals surface area contributed by atoms with Crippen LogP contribution in [0.4, 0.5) is 4.39 Å². The lowest BCUT2D eigenvalue weighted by Crippen LogP contribution is -2.30. The third kappa shape index (κ3) is 1.60. The SMILES string of the molecule is CCCCN1C(=O)c2ccc(F)cc2C1=O. The van der Waals surface area contributed by atoms with Crippen molar-refractivity contribution < 1.29 is 14.0 Å². The molecule has 0 aromatic heterocycles. The molecule has 84 valence electrons. The van der Waals surface area contributed by atoms with Gasteiger partial charge in [-0.1, -0.05) is 13.3 Å². The van der Waals surface area contributed by atoms with Gasteiger partial charge in [0.1, 0.15) is 5.82 Å². The van der Waals surface area contributed by atoms with Gasteiger partial charge in [-0.25, -0.2) is 4.39 Å². The molecule has 0 unspecified atom stereocenters. The number of hydrogen-bond donors (Lipinski definition) is 0. The van der Waals surface area contributed by atoms with Gasteiger partial charge in [0.25, 0.3) is 11.8 Å².